The first-order chi connectivity index (χ1) is 15.6. The molecule has 0 amide bonds. The van der Waals surface area contributed by atoms with Crippen molar-refractivity contribution in [1.82, 2.24) is 13.4 Å². The van der Waals surface area contributed by atoms with Crippen molar-refractivity contribution in [3.8, 4) is 0 Å². The average Bonchev–Trinajstić information content (AvgIpc) is 3.27. The van der Waals surface area contributed by atoms with Crippen LogP contribution < -0.4 is 0 Å². The maximum atomic E-state index is 12.5. The Bertz CT molecular complexity index is 928. The average molecular weight is 498 g/mol. The quantitative estimate of drug-likeness (QED) is 0.198. The second kappa shape index (κ2) is 13.1. The number of esters is 1. The Hall–Kier alpha value is -1.90. The fourth-order valence-corrected chi connectivity index (χ4v) is 5.08. The number of sulfonamides is 1. The first kappa shape index (κ1) is 27.3. The Morgan fingerprint density at radius 2 is 1.82 bits per heavy atom. The lowest BCUT2D eigenvalue weighted by molar-refractivity contribution is -0.155. The number of aromatic nitrogens is 2. The molecule has 0 bridgehead atoms. The summed E-state index contributed by atoms with van der Waals surface area (Å²) in [6.45, 7) is 6.74. The smallest absolute Gasteiger partial charge is 0.306 e. The summed E-state index contributed by atoms with van der Waals surface area (Å²) in [7, 11) is -3.69. The SMILES string of the molecule is CC(C)(C)OC(=O)CCC(CCCCN(Cl)S(=O)(=O)c1ccccc1)CCCn1ccnc1. The maximum Gasteiger partial charge on any atom is 0.306 e. The number of nitrogens with zero attached hydrogens (tertiary/aromatic N) is 3. The van der Waals surface area contributed by atoms with Crippen LogP contribution in [0.2, 0.25) is 0 Å². The Morgan fingerprint density at radius 1 is 1.12 bits per heavy atom. The molecule has 184 valence electrons. The molecule has 1 atom stereocenters. The van der Waals surface area contributed by atoms with E-state index in [1.54, 1.807) is 30.7 Å². The van der Waals surface area contributed by atoms with Gasteiger partial charge in [-0.05, 0) is 76.3 Å². The van der Waals surface area contributed by atoms with Crippen LogP contribution in [0, 0.1) is 5.92 Å². The number of hydrogen-bond acceptors (Lipinski definition) is 5. The molecule has 9 heteroatoms. The number of benzene rings is 1. The van der Waals surface area contributed by atoms with Gasteiger partial charge in [0.2, 0.25) is 0 Å². The highest BCUT2D eigenvalue weighted by Crippen LogP contribution is 2.24. The molecule has 1 heterocycles. The second-order valence-corrected chi connectivity index (χ2v) is 11.7. The molecule has 1 aromatic heterocycles. The molecule has 1 unspecified atom stereocenters. The van der Waals surface area contributed by atoms with Crippen LogP contribution in [-0.2, 0) is 26.1 Å². The van der Waals surface area contributed by atoms with Crippen molar-refractivity contribution < 1.29 is 17.9 Å². The van der Waals surface area contributed by atoms with Gasteiger partial charge in [-0.1, -0.05) is 31.0 Å². The van der Waals surface area contributed by atoms with Crippen molar-refractivity contribution in [2.24, 2.45) is 5.92 Å². The number of hydrogen-bond donors (Lipinski definition) is 0. The van der Waals surface area contributed by atoms with E-state index in [4.69, 9.17) is 16.5 Å². The Balaban J connectivity index is 1.81. The third kappa shape index (κ3) is 10.3. The summed E-state index contributed by atoms with van der Waals surface area (Å²) in [5.41, 5.74) is -0.484. The number of carbonyl (C=O) groups excluding carboxylic acids is 1. The molecule has 33 heavy (non-hydrogen) atoms. The number of aryl methyl sites for hydroxylation is 1. The Kier molecular flexibility index (Phi) is 10.9. The van der Waals surface area contributed by atoms with Crippen LogP contribution in [0.5, 0.6) is 0 Å². The number of halogens is 1. The lowest BCUT2D eigenvalue weighted by atomic mass is 9.92. The lowest BCUT2D eigenvalue weighted by Gasteiger charge is -2.21. The third-order valence-electron chi connectivity index (χ3n) is 5.26. The molecule has 2 rings (SSSR count). The van der Waals surface area contributed by atoms with Crippen LogP contribution in [0.15, 0.2) is 53.9 Å². The molecule has 0 saturated carbocycles. The number of imidazole rings is 1. The van der Waals surface area contributed by atoms with Gasteiger partial charge in [0, 0.05) is 31.9 Å². The summed E-state index contributed by atoms with van der Waals surface area (Å²) < 4.78 is 33.5. The molecular formula is C24H36ClN3O4S. The molecule has 0 N–H and O–H groups in total. The molecular weight excluding hydrogens is 462 g/mol. The normalized spacial score (nSPS) is 13.2. The van der Waals surface area contributed by atoms with Gasteiger partial charge in [0.25, 0.3) is 10.0 Å². The first-order valence-electron chi connectivity index (χ1n) is 11.5. The molecule has 0 spiro atoms. The van der Waals surface area contributed by atoms with Crippen molar-refractivity contribution in [2.75, 3.05) is 6.54 Å². The topological polar surface area (TPSA) is 81.5 Å². The Labute approximate surface area is 203 Å². The van der Waals surface area contributed by atoms with Crippen LogP contribution in [-0.4, -0.2) is 39.9 Å². The largest absolute Gasteiger partial charge is 0.460 e. The maximum absolute atomic E-state index is 12.5. The van der Waals surface area contributed by atoms with Gasteiger partial charge in [-0.25, -0.2) is 13.4 Å². The monoisotopic (exact) mass is 497 g/mol. The zero-order valence-electron chi connectivity index (χ0n) is 19.8. The number of ether oxygens (including phenoxy) is 1. The Morgan fingerprint density at radius 3 is 2.45 bits per heavy atom. The fourth-order valence-electron chi connectivity index (χ4n) is 3.63. The second-order valence-electron chi connectivity index (χ2n) is 9.26. The zero-order valence-corrected chi connectivity index (χ0v) is 21.4. The van der Waals surface area contributed by atoms with Gasteiger partial charge in [0.1, 0.15) is 5.60 Å². The zero-order chi connectivity index (χ0) is 24.3. The van der Waals surface area contributed by atoms with Crippen molar-refractivity contribution in [3.05, 3.63) is 49.1 Å². The van der Waals surface area contributed by atoms with Gasteiger partial charge >= 0.3 is 5.97 Å². The van der Waals surface area contributed by atoms with E-state index in [0.29, 0.717) is 18.8 Å². The summed E-state index contributed by atoms with van der Waals surface area (Å²) in [4.78, 5) is 16.4. The van der Waals surface area contributed by atoms with E-state index < -0.39 is 15.6 Å². The minimum Gasteiger partial charge on any atom is -0.460 e. The third-order valence-corrected chi connectivity index (χ3v) is 7.55. The van der Waals surface area contributed by atoms with Crippen LogP contribution in [0.1, 0.15) is 65.7 Å². The van der Waals surface area contributed by atoms with E-state index in [9.17, 15) is 13.2 Å². The van der Waals surface area contributed by atoms with Gasteiger partial charge in [0.15, 0.2) is 0 Å². The van der Waals surface area contributed by atoms with Gasteiger partial charge in [-0.3, -0.25) is 4.79 Å². The summed E-state index contributed by atoms with van der Waals surface area (Å²) in [6, 6.07) is 8.20. The fraction of sp³-hybridized carbons (Fsp3) is 0.583. The summed E-state index contributed by atoms with van der Waals surface area (Å²) in [5, 5.41) is 0. The van der Waals surface area contributed by atoms with Crippen molar-refractivity contribution in [3.63, 3.8) is 0 Å². The number of carbonyl (C=O) groups is 1. The van der Waals surface area contributed by atoms with E-state index in [2.05, 4.69) is 4.98 Å². The predicted octanol–water partition coefficient (Wildman–Crippen LogP) is 5.42. The van der Waals surface area contributed by atoms with Gasteiger partial charge in [-0.15, -0.1) is 3.82 Å². The highest BCUT2D eigenvalue weighted by atomic mass is 35.5. The first-order valence-corrected chi connectivity index (χ1v) is 13.3. The molecule has 0 aliphatic carbocycles. The molecule has 0 radical (unpaired) electrons. The van der Waals surface area contributed by atoms with Crippen LogP contribution >= 0.6 is 11.8 Å². The molecule has 0 saturated heterocycles. The standard InChI is InChI=1S/C24H36ClN3O4S/c1-24(2,3)32-23(29)15-14-21(11-9-17-27-19-16-26-20-27)10-7-8-18-28(25)33(30,31)22-12-5-4-6-13-22/h4-6,12-13,16,19-21H,7-11,14-15,17-18H2,1-3H3. The molecule has 7 nitrogen and oxygen atoms in total. The van der Waals surface area contributed by atoms with E-state index >= 15 is 0 Å². The van der Waals surface area contributed by atoms with Crippen LogP contribution in [0.4, 0.5) is 0 Å². The van der Waals surface area contributed by atoms with E-state index in [1.807, 2.05) is 31.5 Å². The summed E-state index contributed by atoms with van der Waals surface area (Å²) in [5.74, 6) is 0.179. The lowest BCUT2D eigenvalue weighted by Crippen LogP contribution is -2.24. The van der Waals surface area contributed by atoms with Gasteiger partial charge in [0.05, 0.1) is 11.2 Å². The predicted molar refractivity (Wildman–Crippen MR) is 130 cm³/mol. The van der Waals surface area contributed by atoms with Crippen molar-refractivity contribution >= 4 is 27.8 Å². The minimum absolute atomic E-state index is 0.178. The van der Waals surface area contributed by atoms with Crippen LogP contribution in [0.3, 0.4) is 0 Å². The summed E-state index contributed by atoms with van der Waals surface area (Å²) in [6.07, 6.45) is 11.0. The highest BCUT2D eigenvalue weighted by molar-refractivity contribution is 7.90. The van der Waals surface area contributed by atoms with E-state index in [0.717, 1.165) is 42.5 Å². The van der Waals surface area contributed by atoms with Crippen molar-refractivity contribution in [2.45, 2.75) is 82.8 Å². The van der Waals surface area contributed by atoms with Gasteiger partial charge in [-0.2, -0.15) is 0 Å². The molecule has 2 aromatic rings. The highest BCUT2D eigenvalue weighted by Gasteiger charge is 2.22. The summed E-state index contributed by atoms with van der Waals surface area (Å²) >= 11 is 6.10. The number of rotatable bonds is 14. The molecule has 0 aliphatic rings. The van der Waals surface area contributed by atoms with E-state index in [1.165, 1.54) is 12.1 Å². The molecule has 0 aliphatic heterocycles. The number of unbranched alkanes of at least 4 members (excludes halogenated alkanes) is 1. The van der Waals surface area contributed by atoms with Crippen molar-refractivity contribution in [1.29, 1.82) is 0 Å². The minimum atomic E-state index is -3.69. The van der Waals surface area contributed by atoms with E-state index in [-0.39, 0.29) is 17.4 Å². The van der Waals surface area contributed by atoms with Gasteiger partial charge < -0.3 is 9.30 Å². The van der Waals surface area contributed by atoms with Crippen LogP contribution in [0.25, 0.3) is 0 Å². The molecule has 1 aromatic carbocycles. The molecule has 0 fully saturated rings.